The molecule has 0 aromatic heterocycles. The van der Waals surface area contributed by atoms with Crippen LogP contribution in [0.2, 0.25) is 10.0 Å². The molecule has 1 unspecified atom stereocenters. The van der Waals surface area contributed by atoms with Crippen LogP contribution in [0.1, 0.15) is 28.3 Å². The first-order valence-electron chi connectivity index (χ1n) is 6.78. The van der Waals surface area contributed by atoms with Gasteiger partial charge in [0.15, 0.2) is 5.78 Å². The lowest BCUT2D eigenvalue weighted by Crippen LogP contribution is -2.17. The van der Waals surface area contributed by atoms with Gasteiger partial charge < -0.3 is 9.84 Å². The number of rotatable bonds is 6. The summed E-state index contributed by atoms with van der Waals surface area (Å²) in [6.07, 6.45) is -0.220. The van der Waals surface area contributed by atoms with Gasteiger partial charge in [0.25, 0.3) is 0 Å². The number of ketones is 1. The fourth-order valence-corrected chi connectivity index (χ4v) is 2.66. The highest BCUT2D eigenvalue weighted by Crippen LogP contribution is 2.33. The normalized spacial score (nSPS) is 11.8. The second-order valence-electron chi connectivity index (χ2n) is 4.89. The zero-order valence-corrected chi connectivity index (χ0v) is 13.8. The smallest absolute Gasteiger partial charge is 0.311 e. The van der Waals surface area contributed by atoms with Gasteiger partial charge in [0.2, 0.25) is 0 Å². The maximum absolute atomic E-state index is 12.4. The first kappa shape index (κ1) is 17.3. The molecule has 0 aliphatic carbocycles. The Morgan fingerprint density at radius 3 is 2.52 bits per heavy atom. The monoisotopic (exact) mass is 352 g/mol. The Bertz CT molecular complexity index is 743. The van der Waals surface area contributed by atoms with Gasteiger partial charge in [-0.3, -0.25) is 9.59 Å². The molecule has 0 heterocycles. The van der Waals surface area contributed by atoms with Gasteiger partial charge in [-0.05, 0) is 23.8 Å². The van der Waals surface area contributed by atoms with Crippen molar-refractivity contribution in [2.45, 2.75) is 12.3 Å². The molecule has 2 rings (SSSR count). The quantitative estimate of drug-likeness (QED) is 0.780. The summed E-state index contributed by atoms with van der Waals surface area (Å²) in [5.41, 5.74) is 0.705. The van der Waals surface area contributed by atoms with Crippen LogP contribution in [0, 0.1) is 0 Å². The number of hydrogen-bond acceptors (Lipinski definition) is 3. The molecular formula is C17H14Cl2O4. The minimum Gasteiger partial charge on any atom is -0.497 e. The summed E-state index contributed by atoms with van der Waals surface area (Å²) in [6, 6.07) is 11.3. The summed E-state index contributed by atoms with van der Waals surface area (Å²) >= 11 is 12.0. The first-order valence-corrected chi connectivity index (χ1v) is 7.53. The molecule has 2 aromatic rings. The molecule has 4 nitrogen and oxygen atoms in total. The van der Waals surface area contributed by atoms with E-state index in [0.717, 1.165) is 0 Å². The number of benzene rings is 2. The Kier molecular flexibility index (Phi) is 5.64. The Morgan fingerprint density at radius 1 is 1.17 bits per heavy atom. The van der Waals surface area contributed by atoms with Crippen LogP contribution in [0.3, 0.4) is 0 Å². The zero-order valence-electron chi connectivity index (χ0n) is 12.3. The summed E-state index contributed by atoms with van der Waals surface area (Å²) in [7, 11) is 1.50. The lowest BCUT2D eigenvalue weighted by Gasteiger charge is -2.14. The van der Waals surface area contributed by atoms with E-state index in [1.807, 2.05) is 0 Å². The molecule has 0 amide bonds. The van der Waals surface area contributed by atoms with Crippen molar-refractivity contribution in [3.05, 3.63) is 63.6 Å². The van der Waals surface area contributed by atoms with Crippen molar-refractivity contribution in [2.24, 2.45) is 0 Å². The van der Waals surface area contributed by atoms with Gasteiger partial charge in [0, 0.05) is 12.0 Å². The van der Waals surface area contributed by atoms with Crippen molar-refractivity contribution in [3.8, 4) is 5.75 Å². The summed E-state index contributed by atoms with van der Waals surface area (Å²) in [6.45, 7) is 0. The molecule has 1 atom stereocenters. The van der Waals surface area contributed by atoms with E-state index in [4.69, 9.17) is 27.9 Å². The van der Waals surface area contributed by atoms with Crippen molar-refractivity contribution in [2.75, 3.05) is 7.11 Å². The van der Waals surface area contributed by atoms with E-state index in [1.54, 1.807) is 42.5 Å². The number of aliphatic carboxylic acids is 1. The second kappa shape index (κ2) is 7.49. The molecule has 0 aliphatic heterocycles. The van der Waals surface area contributed by atoms with Crippen LogP contribution >= 0.6 is 23.2 Å². The van der Waals surface area contributed by atoms with Gasteiger partial charge in [-0.15, -0.1) is 0 Å². The van der Waals surface area contributed by atoms with E-state index >= 15 is 0 Å². The third-order valence-electron chi connectivity index (χ3n) is 3.44. The standard InChI is InChI=1S/C17H14Cl2O4/c1-23-11-5-2-4-10(8-11)15(20)9-13(17(21)22)12-6-3-7-14(18)16(12)19/h2-8,13H,9H2,1H3,(H,21,22). The van der Waals surface area contributed by atoms with E-state index in [-0.39, 0.29) is 22.2 Å². The highest BCUT2D eigenvalue weighted by molar-refractivity contribution is 6.42. The topological polar surface area (TPSA) is 63.6 Å². The summed E-state index contributed by atoms with van der Waals surface area (Å²) in [5.74, 6) is -1.99. The molecule has 0 radical (unpaired) electrons. The van der Waals surface area contributed by atoms with Gasteiger partial charge in [-0.1, -0.05) is 47.5 Å². The molecule has 0 saturated carbocycles. The average molecular weight is 353 g/mol. The van der Waals surface area contributed by atoms with Gasteiger partial charge >= 0.3 is 5.97 Å². The van der Waals surface area contributed by atoms with E-state index in [9.17, 15) is 14.7 Å². The molecule has 0 aliphatic rings. The number of methoxy groups -OCH3 is 1. The van der Waals surface area contributed by atoms with Crippen molar-refractivity contribution in [1.29, 1.82) is 0 Å². The van der Waals surface area contributed by atoms with Crippen LogP contribution in [-0.2, 0) is 4.79 Å². The Balaban J connectivity index is 2.31. The Hall–Kier alpha value is -2.04. The van der Waals surface area contributed by atoms with Gasteiger partial charge in [-0.25, -0.2) is 0 Å². The number of halogens is 2. The van der Waals surface area contributed by atoms with Crippen LogP contribution in [0.25, 0.3) is 0 Å². The van der Waals surface area contributed by atoms with Crippen LogP contribution in [0.4, 0.5) is 0 Å². The lowest BCUT2D eigenvalue weighted by molar-refractivity contribution is -0.138. The minimum atomic E-state index is -1.13. The number of carbonyl (C=O) groups excluding carboxylic acids is 1. The molecule has 0 bridgehead atoms. The molecule has 120 valence electrons. The van der Waals surface area contributed by atoms with Crippen LogP contribution < -0.4 is 4.74 Å². The number of carboxylic acid groups (broad SMARTS) is 1. The second-order valence-corrected chi connectivity index (χ2v) is 5.68. The average Bonchev–Trinajstić information content (AvgIpc) is 2.55. The summed E-state index contributed by atoms with van der Waals surface area (Å²) in [5, 5.41) is 9.87. The van der Waals surface area contributed by atoms with Crippen molar-refractivity contribution in [1.82, 2.24) is 0 Å². The van der Waals surface area contributed by atoms with E-state index in [1.165, 1.54) is 7.11 Å². The Labute approximate surface area is 143 Å². The zero-order chi connectivity index (χ0) is 17.0. The molecular weight excluding hydrogens is 339 g/mol. The predicted octanol–water partition coefficient (Wildman–Crippen LogP) is 4.44. The molecule has 23 heavy (non-hydrogen) atoms. The van der Waals surface area contributed by atoms with Crippen molar-refractivity contribution < 1.29 is 19.4 Å². The third kappa shape index (κ3) is 4.03. The van der Waals surface area contributed by atoms with E-state index in [2.05, 4.69) is 0 Å². The maximum Gasteiger partial charge on any atom is 0.311 e. The van der Waals surface area contributed by atoms with Crippen LogP contribution in [0.5, 0.6) is 5.75 Å². The highest BCUT2D eigenvalue weighted by Gasteiger charge is 2.26. The van der Waals surface area contributed by atoms with Crippen LogP contribution in [-0.4, -0.2) is 24.0 Å². The first-order chi connectivity index (χ1) is 10.9. The number of carboxylic acids is 1. The lowest BCUT2D eigenvalue weighted by atomic mass is 9.91. The van der Waals surface area contributed by atoms with E-state index < -0.39 is 11.9 Å². The Morgan fingerprint density at radius 2 is 1.87 bits per heavy atom. The van der Waals surface area contributed by atoms with Gasteiger partial charge in [0.1, 0.15) is 5.75 Å². The highest BCUT2D eigenvalue weighted by atomic mass is 35.5. The van der Waals surface area contributed by atoms with Gasteiger partial charge in [0.05, 0.1) is 23.1 Å². The summed E-state index contributed by atoms with van der Waals surface area (Å²) in [4.78, 5) is 24.0. The minimum absolute atomic E-state index is 0.153. The number of ether oxygens (including phenoxy) is 1. The largest absolute Gasteiger partial charge is 0.497 e. The SMILES string of the molecule is COc1cccc(C(=O)CC(C(=O)O)c2cccc(Cl)c2Cl)c1. The molecule has 0 fully saturated rings. The van der Waals surface area contributed by atoms with Crippen LogP contribution in [0.15, 0.2) is 42.5 Å². The molecule has 0 saturated heterocycles. The molecule has 2 aromatic carbocycles. The third-order valence-corrected chi connectivity index (χ3v) is 4.27. The molecule has 0 spiro atoms. The number of Topliss-reactive ketones (excluding diaryl/α,β-unsaturated/α-hetero) is 1. The molecule has 6 heteroatoms. The molecule has 1 N–H and O–H groups in total. The maximum atomic E-state index is 12.4. The van der Waals surface area contributed by atoms with Gasteiger partial charge in [-0.2, -0.15) is 0 Å². The van der Waals surface area contributed by atoms with E-state index in [0.29, 0.717) is 16.9 Å². The fraction of sp³-hybridized carbons (Fsp3) is 0.176. The number of carbonyl (C=O) groups is 2. The van der Waals surface area contributed by atoms with Crippen molar-refractivity contribution >= 4 is 35.0 Å². The number of hydrogen-bond donors (Lipinski definition) is 1. The fourth-order valence-electron chi connectivity index (χ4n) is 2.22. The predicted molar refractivity (Wildman–Crippen MR) is 88.8 cm³/mol. The van der Waals surface area contributed by atoms with Crippen molar-refractivity contribution in [3.63, 3.8) is 0 Å². The summed E-state index contributed by atoms with van der Waals surface area (Å²) < 4.78 is 5.07.